The summed E-state index contributed by atoms with van der Waals surface area (Å²) < 4.78 is 0. The molecule has 3 rings (SSSR count). The molecule has 1 amide bonds. The summed E-state index contributed by atoms with van der Waals surface area (Å²) in [7, 11) is 0. The number of carbonyl (C=O) groups is 1. The fourth-order valence-corrected chi connectivity index (χ4v) is 3.02. The number of hydrogen-bond acceptors (Lipinski definition) is 5. The summed E-state index contributed by atoms with van der Waals surface area (Å²) in [6.07, 6.45) is 0.682. The van der Waals surface area contributed by atoms with Crippen molar-refractivity contribution >= 4 is 17.3 Å². The van der Waals surface area contributed by atoms with Crippen LogP contribution in [0.15, 0.2) is 48.5 Å². The van der Waals surface area contributed by atoms with Gasteiger partial charge >= 0.3 is 0 Å². The number of benzene rings is 2. The van der Waals surface area contributed by atoms with Crippen LogP contribution in [-0.4, -0.2) is 35.6 Å². The normalized spacial score (nSPS) is 14.2. The Bertz CT molecular complexity index is 779. The number of anilines is 1. The van der Waals surface area contributed by atoms with Crippen molar-refractivity contribution in [2.75, 3.05) is 24.6 Å². The Morgan fingerprint density at radius 1 is 1.28 bits per heavy atom. The molecule has 0 radical (unpaired) electrons. The second kappa shape index (κ2) is 7.42. The first-order valence-corrected chi connectivity index (χ1v) is 8.07. The van der Waals surface area contributed by atoms with E-state index in [-0.39, 0.29) is 30.8 Å². The molecule has 1 heterocycles. The fraction of sp³-hybridized carbons (Fsp3) is 0.278. The van der Waals surface area contributed by atoms with E-state index in [1.807, 2.05) is 30.3 Å². The molecule has 7 nitrogen and oxygen atoms in total. The SMILES string of the molecule is O=C(CN[C@H](CO)c1ccccc1)N1CCc2ccc([N+](=O)[O-])cc21. The molecular formula is C18H19N3O4. The van der Waals surface area contributed by atoms with Crippen molar-refractivity contribution in [2.45, 2.75) is 12.5 Å². The third-order valence-corrected chi connectivity index (χ3v) is 4.36. The average Bonchev–Trinajstić information content (AvgIpc) is 3.06. The molecule has 1 atom stereocenters. The molecule has 2 N–H and O–H groups in total. The lowest BCUT2D eigenvalue weighted by atomic mass is 10.1. The highest BCUT2D eigenvalue weighted by molar-refractivity contribution is 5.97. The first kappa shape index (κ1) is 17.1. The minimum atomic E-state index is -0.462. The van der Waals surface area contributed by atoms with Gasteiger partial charge in [-0.1, -0.05) is 36.4 Å². The van der Waals surface area contributed by atoms with Gasteiger partial charge in [-0.15, -0.1) is 0 Å². The van der Waals surface area contributed by atoms with Crippen LogP contribution in [-0.2, 0) is 11.2 Å². The largest absolute Gasteiger partial charge is 0.394 e. The Morgan fingerprint density at radius 2 is 2.04 bits per heavy atom. The van der Waals surface area contributed by atoms with E-state index in [0.717, 1.165) is 11.1 Å². The summed E-state index contributed by atoms with van der Waals surface area (Å²) in [6.45, 7) is 0.424. The van der Waals surface area contributed by atoms with Crippen LogP contribution < -0.4 is 10.2 Å². The highest BCUT2D eigenvalue weighted by atomic mass is 16.6. The minimum absolute atomic E-state index is 0.0241. The Balaban J connectivity index is 1.69. The van der Waals surface area contributed by atoms with Gasteiger partial charge in [0.25, 0.3) is 5.69 Å². The maximum atomic E-state index is 12.6. The number of nitrogens with zero attached hydrogens (tertiary/aromatic N) is 2. The van der Waals surface area contributed by atoms with Crippen LogP contribution in [0.5, 0.6) is 0 Å². The van der Waals surface area contributed by atoms with Gasteiger partial charge in [-0.2, -0.15) is 0 Å². The van der Waals surface area contributed by atoms with Gasteiger partial charge in [0.05, 0.1) is 29.8 Å². The molecule has 0 aliphatic carbocycles. The Labute approximate surface area is 145 Å². The summed E-state index contributed by atoms with van der Waals surface area (Å²) in [5, 5.41) is 23.6. The summed E-state index contributed by atoms with van der Waals surface area (Å²) in [5.74, 6) is -0.173. The number of rotatable bonds is 6. The zero-order valence-corrected chi connectivity index (χ0v) is 13.6. The van der Waals surface area contributed by atoms with Gasteiger partial charge in [0.2, 0.25) is 5.91 Å². The van der Waals surface area contributed by atoms with E-state index in [2.05, 4.69) is 5.32 Å². The number of aliphatic hydroxyl groups excluding tert-OH is 1. The Kier molecular flexibility index (Phi) is 5.06. The topological polar surface area (TPSA) is 95.7 Å². The number of nitro groups is 1. The number of carbonyl (C=O) groups excluding carboxylic acids is 1. The number of nitro benzene ring substituents is 1. The fourth-order valence-electron chi connectivity index (χ4n) is 3.02. The van der Waals surface area contributed by atoms with Crippen molar-refractivity contribution in [3.8, 4) is 0 Å². The number of aliphatic hydroxyl groups is 1. The zero-order chi connectivity index (χ0) is 17.8. The predicted molar refractivity (Wildman–Crippen MR) is 93.4 cm³/mol. The Morgan fingerprint density at radius 3 is 2.72 bits per heavy atom. The standard InChI is InChI=1S/C18H19N3O4/c22-12-16(13-4-2-1-3-5-13)19-11-18(23)20-9-8-14-6-7-15(21(24)25)10-17(14)20/h1-7,10,16,19,22H,8-9,11-12H2/t16-/m1/s1. The van der Waals surface area contributed by atoms with Crippen LogP contribution in [0.1, 0.15) is 17.2 Å². The summed E-state index contributed by atoms with van der Waals surface area (Å²) >= 11 is 0. The maximum absolute atomic E-state index is 12.6. The van der Waals surface area contributed by atoms with E-state index in [0.29, 0.717) is 18.7 Å². The molecule has 0 aromatic heterocycles. The summed E-state index contributed by atoms with van der Waals surface area (Å²) in [6, 6.07) is 13.7. The molecule has 2 aromatic carbocycles. The molecule has 0 spiro atoms. The molecule has 1 aliphatic heterocycles. The van der Waals surface area contributed by atoms with Crippen molar-refractivity contribution in [3.63, 3.8) is 0 Å². The third-order valence-electron chi connectivity index (χ3n) is 4.36. The van der Waals surface area contributed by atoms with Gasteiger partial charge < -0.3 is 10.0 Å². The third kappa shape index (κ3) is 3.67. The summed E-state index contributed by atoms with van der Waals surface area (Å²) in [5.41, 5.74) is 2.40. The van der Waals surface area contributed by atoms with Crippen molar-refractivity contribution in [1.82, 2.24) is 5.32 Å². The second-order valence-corrected chi connectivity index (χ2v) is 5.89. The maximum Gasteiger partial charge on any atom is 0.271 e. The van der Waals surface area contributed by atoms with Crippen LogP contribution in [0.2, 0.25) is 0 Å². The molecular weight excluding hydrogens is 322 g/mol. The smallest absolute Gasteiger partial charge is 0.271 e. The Hall–Kier alpha value is -2.77. The van der Waals surface area contributed by atoms with Crippen molar-refractivity contribution in [1.29, 1.82) is 0 Å². The van der Waals surface area contributed by atoms with Crippen LogP contribution in [0, 0.1) is 10.1 Å². The van der Waals surface area contributed by atoms with E-state index < -0.39 is 4.92 Å². The van der Waals surface area contributed by atoms with E-state index >= 15 is 0 Å². The van der Waals surface area contributed by atoms with Crippen LogP contribution in [0.25, 0.3) is 0 Å². The highest BCUT2D eigenvalue weighted by Crippen LogP contribution is 2.31. The second-order valence-electron chi connectivity index (χ2n) is 5.89. The molecule has 0 saturated carbocycles. The average molecular weight is 341 g/mol. The van der Waals surface area contributed by atoms with Gasteiger partial charge in [0, 0.05) is 18.7 Å². The number of non-ortho nitro benzene ring substituents is 1. The monoisotopic (exact) mass is 341 g/mol. The van der Waals surface area contributed by atoms with Gasteiger partial charge in [-0.25, -0.2) is 0 Å². The lowest BCUT2D eigenvalue weighted by Gasteiger charge is -2.21. The number of nitrogens with one attached hydrogen (secondary N) is 1. The number of amides is 1. The van der Waals surface area contributed by atoms with Crippen molar-refractivity contribution in [2.24, 2.45) is 0 Å². The van der Waals surface area contributed by atoms with Gasteiger partial charge in [0.1, 0.15) is 0 Å². The quantitative estimate of drug-likeness (QED) is 0.617. The lowest BCUT2D eigenvalue weighted by molar-refractivity contribution is -0.384. The van der Waals surface area contributed by atoms with Crippen LogP contribution >= 0.6 is 0 Å². The molecule has 2 aromatic rings. The molecule has 1 aliphatic rings. The van der Waals surface area contributed by atoms with Gasteiger partial charge in [0.15, 0.2) is 0 Å². The van der Waals surface area contributed by atoms with Crippen molar-refractivity contribution in [3.05, 3.63) is 69.8 Å². The van der Waals surface area contributed by atoms with Gasteiger partial charge in [-0.3, -0.25) is 20.2 Å². The zero-order valence-electron chi connectivity index (χ0n) is 13.6. The van der Waals surface area contributed by atoms with E-state index in [9.17, 15) is 20.0 Å². The van der Waals surface area contributed by atoms with Crippen molar-refractivity contribution < 1.29 is 14.8 Å². The molecule has 0 unspecified atom stereocenters. The first-order valence-electron chi connectivity index (χ1n) is 8.07. The minimum Gasteiger partial charge on any atom is -0.394 e. The van der Waals surface area contributed by atoms with E-state index in [1.165, 1.54) is 12.1 Å². The van der Waals surface area contributed by atoms with Gasteiger partial charge in [-0.05, 0) is 17.5 Å². The van der Waals surface area contributed by atoms with E-state index in [1.54, 1.807) is 11.0 Å². The molecule has 0 saturated heterocycles. The molecule has 0 fully saturated rings. The molecule has 0 bridgehead atoms. The van der Waals surface area contributed by atoms with E-state index in [4.69, 9.17) is 0 Å². The molecule has 25 heavy (non-hydrogen) atoms. The van der Waals surface area contributed by atoms with Crippen LogP contribution in [0.3, 0.4) is 0 Å². The lowest BCUT2D eigenvalue weighted by Crippen LogP contribution is -2.39. The number of hydrogen-bond donors (Lipinski definition) is 2. The summed E-state index contributed by atoms with van der Waals surface area (Å²) in [4.78, 5) is 24.6. The molecule has 130 valence electrons. The molecule has 7 heteroatoms. The highest BCUT2D eigenvalue weighted by Gasteiger charge is 2.27. The first-order chi connectivity index (χ1) is 12.1. The number of fused-ring (bicyclic) bond motifs is 1. The predicted octanol–water partition coefficient (Wildman–Crippen LogP) is 1.81. The van der Waals surface area contributed by atoms with Crippen LogP contribution in [0.4, 0.5) is 11.4 Å².